The van der Waals surface area contributed by atoms with Gasteiger partial charge in [0.25, 0.3) is 0 Å². The zero-order valence-corrected chi connectivity index (χ0v) is 14.7. The molecule has 0 radical (unpaired) electrons. The fraction of sp³-hybridized carbons (Fsp3) is 0.688. The van der Waals surface area contributed by atoms with E-state index in [1.807, 2.05) is 11.6 Å². The fourth-order valence-corrected chi connectivity index (χ4v) is 8.49. The average Bonchev–Trinajstić information content (AvgIpc) is 2.56. The Kier molecular flexibility index (Phi) is 5.03. The molecular weight excluding hydrogens is 248 g/mol. The van der Waals surface area contributed by atoms with Gasteiger partial charge in [-0.15, -0.1) is 5.54 Å². The zero-order chi connectivity index (χ0) is 14.8. The second kappa shape index (κ2) is 5.96. The lowest BCUT2D eigenvalue weighted by Crippen LogP contribution is -2.43. The topological polar surface area (TPSA) is 17.8 Å². The highest BCUT2D eigenvalue weighted by molar-refractivity contribution is 6.90. The Bertz CT molecular complexity index is 465. The van der Waals surface area contributed by atoms with Gasteiger partial charge in [-0.1, -0.05) is 41.5 Å². The number of aryl methyl sites for hydroxylation is 2. The molecule has 3 heteroatoms. The molecule has 0 atom stereocenters. The highest BCUT2D eigenvalue weighted by Crippen LogP contribution is 2.40. The molecular formula is C16H28N2Si. The lowest BCUT2D eigenvalue weighted by atomic mass is 10.4. The molecule has 2 nitrogen and oxygen atoms in total. The van der Waals surface area contributed by atoms with Crippen LogP contribution in [0.1, 0.15) is 52.9 Å². The second-order valence-electron chi connectivity index (χ2n) is 6.47. The third-order valence-electron chi connectivity index (χ3n) is 4.25. The third kappa shape index (κ3) is 3.12. The first-order valence-electron chi connectivity index (χ1n) is 7.28. The van der Waals surface area contributed by atoms with Crippen LogP contribution in [-0.2, 0) is 0 Å². The smallest absolute Gasteiger partial charge is 0.148 e. The molecule has 1 rings (SSSR count). The first kappa shape index (κ1) is 16.0. The van der Waals surface area contributed by atoms with Crippen LogP contribution in [0.15, 0.2) is 6.07 Å². The van der Waals surface area contributed by atoms with Crippen molar-refractivity contribution in [3.8, 4) is 11.6 Å². The molecule has 1 aromatic rings. The predicted molar refractivity (Wildman–Crippen MR) is 85.9 cm³/mol. The maximum Gasteiger partial charge on any atom is 0.148 e. The number of nitrogens with zero attached hydrogens (tertiary/aromatic N) is 2. The quantitative estimate of drug-likeness (QED) is 0.586. The van der Waals surface area contributed by atoms with Crippen LogP contribution in [0.25, 0.3) is 0 Å². The second-order valence-corrected chi connectivity index (χ2v) is 12.1. The van der Waals surface area contributed by atoms with E-state index in [0.29, 0.717) is 16.6 Å². The van der Waals surface area contributed by atoms with Gasteiger partial charge in [0.05, 0.1) is 11.4 Å². The molecule has 0 aliphatic carbocycles. The van der Waals surface area contributed by atoms with Crippen molar-refractivity contribution >= 4 is 8.07 Å². The van der Waals surface area contributed by atoms with Crippen LogP contribution in [0, 0.1) is 25.4 Å². The van der Waals surface area contributed by atoms with E-state index in [9.17, 15) is 0 Å². The van der Waals surface area contributed by atoms with Crippen LogP contribution < -0.4 is 0 Å². The number of hydrogen-bond donors (Lipinski definition) is 0. The SMILES string of the molecule is Cc1cc(C)n(C#C[Si](C(C)C)(C(C)C)C(C)C)n1. The molecule has 0 fully saturated rings. The van der Waals surface area contributed by atoms with Crippen molar-refractivity contribution < 1.29 is 0 Å². The van der Waals surface area contributed by atoms with Gasteiger partial charge in [-0.3, -0.25) is 0 Å². The maximum absolute atomic E-state index is 4.46. The molecule has 0 amide bonds. The van der Waals surface area contributed by atoms with Gasteiger partial charge in [0.15, 0.2) is 0 Å². The Hall–Kier alpha value is -1.01. The Morgan fingerprint density at radius 2 is 1.47 bits per heavy atom. The summed E-state index contributed by atoms with van der Waals surface area (Å²) in [5.41, 5.74) is 7.85. The minimum Gasteiger partial charge on any atom is -0.195 e. The lowest BCUT2D eigenvalue weighted by molar-refractivity contribution is 0.834. The molecule has 0 aliphatic rings. The highest BCUT2D eigenvalue weighted by Gasteiger charge is 2.41. The van der Waals surface area contributed by atoms with E-state index < -0.39 is 8.07 Å². The van der Waals surface area contributed by atoms with Crippen molar-refractivity contribution in [2.75, 3.05) is 0 Å². The van der Waals surface area contributed by atoms with Gasteiger partial charge in [-0.05, 0) is 36.5 Å². The molecule has 1 heterocycles. The minimum atomic E-state index is -1.65. The first-order chi connectivity index (χ1) is 8.71. The van der Waals surface area contributed by atoms with E-state index in [4.69, 9.17) is 0 Å². The first-order valence-corrected chi connectivity index (χ1v) is 9.51. The molecule has 0 saturated heterocycles. The molecule has 0 aromatic carbocycles. The van der Waals surface area contributed by atoms with Crippen LogP contribution in [0.3, 0.4) is 0 Å². The Morgan fingerprint density at radius 1 is 1.00 bits per heavy atom. The molecule has 0 unspecified atom stereocenters. The van der Waals surface area contributed by atoms with Gasteiger partial charge in [0.1, 0.15) is 8.07 Å². The van der Waals surface area contributed by atoms with Crippen LogP contribution in [-0.4, -0.2) is 17.9 Å². The predicted octanol–water partition coefficient (Wildman–Crippen LogP) is 4.53. The van der Waals surface area contributed by atoms with E-state index in [-0.39, 0.29) is 0 Å². The molecule has 1 aromatic heterocycles. The molecule has 19 heavy (non-hydrogen) atoms. The minimum absolute atomic E-state index is 0.664. The van der Waals surface area contributed by atoms with E-state index in [1.54, 1.807) is 0 Å². The van der Waals surface area contributed by atoms with Crippen molar-refractivity contribution in [1.29, 1.82) is 0 Å². The van der Waals surface area contributed by atoms with Gasteiger partial charge in [0, 0.05) is 6.04 Å². The van der Waals surface area contributed by atoms with Crippen molar-refractivity contribution in [3.05, 3.63) is 17.5 Å². The number of aromatic nitrogens is 2. The van der Waals surface area contributed by atoms with Crippen LogP contribution >= 0.6 is 0 Å². The van der Waals surface area contributed by atoms with Crippen molar-refractivity contribution in [1.82, 2.24) is 9.78 Å². The average molecular weight is 276 g/mol. The summed E-state index contributed by atoms with van der Waals surface area (Å²) in [7, 11) is -1.65. The summed E-state index contributed by atoms with van der Waals surface area (Å²) in [5, 5.41) is 4.46. The summed E-state index contributed by atoms with van der Waals surface area (Å²) in [6.45, 7) is 18.1. The van der Waals surface area contributed by atoms with E-state index >= 15 is 0 Å². The van der Waals surface area contributed by atoms with Gasteiger partial charge < -0.3 is 0 Å². The number of rotatable bonds is 3. The highest BCUT2D eigenvalue weighted by atomic mass is 28.3. The number of hydrogen-bond acceptors (Lipinski definition) is 1. The summed E-state index contributed by atoms with van der Waals surface area (Å²) in [4.78, 5) is 0. The Morgan fingerprint density at radius 3 is 1.79 bits per heavy atom. The summed E-state index contributed by atoms with van der Waals surface area (Å²) in [6.07, 6.45) is 0. The van der Waals surface area contributed by atoms with E-state index in [0.717, 1.165) is 11.4 Å². The lowest BCUT2D eigenvalue weighted by Gasteiger charge is -2.37. The third-order valence-corrected chi connectivity index (χ3v) is 10.5. The summed E-state index contributed by atoms with van der Waals surface area (Å²) < 4.78 is 1.85. The molecule has 0 bridgehead atoms. The van der Waals surface area contributed by atoms with Gasteiger partial charge >= 0.3 is 0 Å². The van der Waals surface area contributed by atoms with Crippen molar-refractivity contribution in [2.45, 2.75) is 72.0 Å². The standard InChI is InChI=1S/C16H28N2Si/c1-12(2)19(13(3)4,14(5)6)10-9-18-16(8)11-15(7)17-18/h11-14H,1-8H3. The normalized spacial score (nSPS) is 12.2. The van der Waals surface area contributed by atoms with E-state index in [2.05, 4.69) is 71.2 Å². The fourth-order valence-electron chi connectivity index (χ4n) is 3.32. The molecule has 0 N–H and O–H groups in total. The molecule has 0 spiro atoms. The summed E-state index contributed by atoms with van der Waals surface area (Å²) in [6, 6.07) is 5.42. The monoisotopic (exact) mass is 276 g/mol. The van der Waals surface area contributed by atoms with Crippen molar-refractivity contribution in [2.24, 2.45) is 0 Å². The van der Waals surface area contributed by atoms with Crippen LogP contribution in [0.2, 0.25) is 16.6 Å². The van der Waals surface area contributed by atoms with E-state index in [1.165, 1.54) is 0 Å². The zero-order valence-electron chi connectivity index (χ0n) is 13.7. The summed E-state index contributed by atoms with van der Waals surface area (Å²) in [5.74, 6) is 0. The van der Waals surface area contributed by atoms with Crippen LogP contribution in [0.5, 0.6) is 0 Å². The largest absolute Gasteiger partial charge is 0.195 e. The molecule has 0 aliphatic heterocycles. The molecule has 0 saturated carbocycles. The summed E-state index contributed by atoms with van der Waals surface area (Å²) >= 11 is 0. The maximum atomic E-state index is 4.46. The van der Waals surface area contributed by atoms with Gasteiger partial charge in [-0.25, -0.2) is 0 Å². The van der Waals surface area contributed by atoms with Crippen molar-refractivity contribution in [3.63, 3.8) is 0 Å². The van der Waals surface area contributed by atoms with Gasteiger partial charge in [-0.2, -0.15) is 9.78 Å². The van der Waals surface area contributed by atoms with Crippen LogP contribution in [0.4, 0.5) is 0 Å². The molecule has 106 valence electrons. The Balaban J connectivity index is 3.27. The Labute approximate surface area is 119 Å². The van der Waals surface area contributed by atoms with Gasteiger partial charge in [0.2, 0.25) is 0 Å².